The zero-order valence-corrected chi connectivity index (χ0v) is 8.03. The summed E-state index contributed by atoms with van der Waals surface area (Å²) in [6.45, 7) is 0. The normalized spacial score (nSPS) is 12.7. The van der Waals surface area contributed by atoms with E-state index in [1.165, 1.54) is 0 Å². The molecule has 14 heavy (non-hydrogen) atoms. The fourth-order valence-electron chi connectivity index (χ4n) is 0.571. The third-order valence-corrected chi connectivity index (χ3v) is 2.61. The third kappa shape index (κ3) is 2.45. The summed E-state index contributed by atoms with van der Waals surface area (Å²) in [5, 5.41) is -0.940. The molecular weight excluding hydrogens is 236 g/mol. The second-order valence-corrected chi connectivity index (χ2v) is 4.89. The van der Waals surface area contributed by atoms with Gasteiger partial charge in [-0.2, -0.15) is 16.8 Å². The zero-order chi connectivity index (χ0) is 11.0. The average Bonchev–Trinajstić information content (AvgIpc) is 2.01. The maximum absolute atomic E-state index is 10.5. The van der Waals surface area contributed by atoms with Gasteiger partial charge in [-0.1, -0.05) is 0 Å². The molecule has 0 aliphatic carbocycles. The van der Waals surface area contributed by atoms with Gasteiger partial charge in [0.25, 0.3) is 15.3 Å². The van der Waals surface area contributed by atoms with Gasteiger partial charge < -0.3 is 0 Å². The fraction of sp³-hybridized carbons (Fsp3) is 0. The predicted octanol–water partition coefficient (Wildman–Crippen LogP) is -1.03. The van der Waals surface area contributed by atoms with Gasteiger partial charge in [-0.15, -0.1) is 0 Å². The van der Waals surface area contributed by atoms with Crippen LogP contribution in [0.25, 0.3) is 0 Å². The molecule has 8 nitrogen and oxygen atoms in total. The van der Waals surface area contributed by atoms with Gasteiger partial charge in [0, 0.05) is 0 Å². The van der Waals surface area contributed by atoms with Crippen LogP contribution in [0.5, 0.6) is 0 Å². The van der Waals surface area contributed by atoms with Crippen LogP contribution in [-0.2, 0) is 20.2 Å². The van der Waals surface area contributed by atoms with E-state index in [0.717, 1.165) is 0 Å². The summed E-state index contributed by atoms with van der Waals surface area (Å²) in [5.41, 5.74) is 0. The summed E-state index contributed by atoms with van der Waals surface area (Å²) < 4.78 is 58.6. The van der Waals surface area contributed by atoms with Crippen molar-refractivity contribution >= 4 is 20.2 Å². The molecule has 0 aliphatic rings. The Kier molecular flexibility index (Phi) is 2.54. The number of hydrogen-bond donors (Lipinski definition) is 2. The van der Waals surface area contributed by atoms with E-state index in [1.54, 1.807) is 0 Å². The van der Waals surface area contributed by atoms with Crippen molar-refractivity contribution in [1.29, 1.82) is 0 Å². The van der Waals surface area contributed by atoms with Crippen LogP contribution in [-0.4, -0.2) is 35.9 Å². The molecule has 0 spiro atoms. The molecule has 10 heteroatoms. The maximum atomic E-state index is 10.5. The Morgan fingerprint density at radius 2 is 1.36 bits per heavy atom. The highest BCUT2D eigenvalue weighted by atomic mass is 32.2. The van der Waals surface area contributed by atoms with Crippen LogP contribution in [0.1, 0.15) is 0 Å². The Morgan fingerprint density at radius 1 is 0.929 bits per heavy atom. The van der Waals surface area contributed by atoms with Crippen molar-refractivity contribution in [2.75, 3.05) is 0 Å². The highest BCUT2D eigenvalue weighted by molar-refractivity contribution is 7.86. The number of hydrogen-bond acceptors (Lipinski definition) is 6. The molecule has 1 aromatic heterocycles. The van der Waals surface area contributed by atoms with Gasteiger partial charge in [-0.3, -0.25) is 9.11 Å². The molecule has 0 aromatic carbocycles. The summed E-state index contributed by atoms with van der Waals surface area (Å²) in [4.78, 5) is 5.39. The first-order valence-corrected chi connectivity index (χ1v) is 5.86. The molecule has 2 N–H and O–H groups in total. The zero-order valence-electron chi connectivity index (χ0n) is 6.39. The molecule has 1 rings (SSSR count). The number of nitrogens with zero attached hydrogens (tertiary/aromatic N) is 2. The first kappa shape index (κ1) is 11.0. The molecule has 0 unspecified atom stereocenters. The van der Waals surface area contributed by atoms with Crippen molar-refractivity contribution in [3.8, 4) is 0 Å². The third-order valence-electron chi connectivity index (χ3n) is 1.13. The lowest BCUT2D eigenvalue weighted by atomic mass is 10.7. The molecule has 1 heterocycles. The Bertz CT molecular complexity index is 479. The van der Waals surface area contributed by atoms with Gasteiger partial charge in [0.15, 0.2) is 0 Å². The number of aromatic nitrogens is 2. The van der Waals surface area contributed by atoms with Gasteiger partial charge in [0.05, 0.1) is 12.4 Å². The number of rotatable bonds is 2. The molecule has 78 valence electrons. The van der Waals surface area contributed by atoms with Gasteiger partial charge in [0.1, 0.15) is 4.90 Å². The molecule has 0 amide bonds. The molecule has 0 aliphatic heterocycles. The van der Waals surface area contributed by atoms with E-state index in [4.69, 9.17) is 9.11 Å². The fourth-order valence-corrected chi connectivity index (χ4v) is 1.31. The monoisotopic (exact) mass is 240 g/mol. The lowest BCUT2D eigenvalue weighted by Crippen LogP contribution is -2.07. The van der Waals surface area contributed by atoms with Crippen molar-refractivity contribution < 1.29 is 25.9 Å². The molecule has 0 atom stereocenters. The van der Waals surface area contributed by atoms with Crippen molar-refractivity contribution in [1.82, 2.24) is 9.97 Å². The minimum Gasteiger partial charge on any atom is -0.282 e. The molecular formula is C4H4N2O6S2. The van der Waals surface area contributed by atoms with Gasteiger partial charge >= 0.3 is 10.1 Å². The maximum Gasteiger partial charge on any atom is 0.330 e. The Balaban J connectivity index is 3.28. The predicted molar refractivity (Wildman–Crippen MR) is 41.7 cm³/mol. The average molecular weight is 240 g/mol. The highest BCUT2D eigenvalue weighted by Crippen LogP contribution is 2.06. The largest absolute Gasteiger partial charge is 0.330 e. The van der Waals surface area contributed by atoms with E-state index in [-0.39, 0.29) is 0 Å². The van der Waals surface area contributed by atoms with Crippen LogP contribution in [0, 0.1) is 0 Å². The summed E-state index contributed by atoms with van der Waals surface area (Å²) in [5.74, 6) is 0. The summed E-state index contributed by atoms with van der Waals surface area (Å²) in [7, 11) is -9.03. The first-order valence-electron chi connectivity index (χ1n) is 2.98. The quantitative estimate of drug-likeness (QED) is 0.495. The second-order valence-electron chi connectivity index (χ2n) is 2.15. The van der Waals surface area contributed by atoms with E-state index in [0.29, 0.717) is 12.4 Å². The van der Waals surface area contributed by atoms with Crippen LogP contribution in [0.2, 0.25) is 0 Å². The summed E-state index contributed by atoms with van der Waals surface area (Å²) >= 11 is 0. The second kappa shape index (κ2) is 3.24. The van der Waals surface area contributed by atoms with E-state index in [1.807, 2.05) is 0 Å². The standard InChI is InChI=1S/C4H4N2O6S2/c7-13(8,9)3-1-5-4(6-2-3)14(10,11)12/h1-2H,(H,7,8,9)(H,10,11,12). The lowest BCUT2D eigenvalue weighted by Gasteiger charge is -1.96. The van der Waals surface area contributed by atoms with Crippen molar-refractivity contribution in [3.63, 3.8) is 0 Å². The summed E-state index contributed by atoms with van der Waals surface area (Å²) in [6.07, 6.45) is 1.12. The minimum atomic E-state index is -4.56. The van der Waals surface area contributed by atoms with Gasteiger partial charge in [-0.05, 0) is 0 Å². The Hall–Kier alpha value is -1.10. The minimum absolute atomic E-state index is 0.561. The van der Waals surface area contributed by atoms with Gasteiger partial charge in [-0.25, -0.2) is 9.97 Å². The van der Waals surface area contributed by atoms with E-state index < -0.39 is 30.3 Å². The molecule has 0 saturated carbocycles. The molecule has 1 aromatic rings. The lowest BCUT2D eigenvalue weighted by molar-refractivity contribution is 0.469. The van der Waals surface area contributed by atoms with Gasteiger partial charge in [0.2, 0.25) is 0 Å². The SMILES string of the molecule is O=S(=O)(O)c1cnc(S(=O)(=O)O)nc1. The first-order chi connectivity index (χ1) is 6.21. The Labute approximate surface area is 79.1 Å². The van der Waals surface area contributed by atoms with Crippen LogP contribution < -0.4 is 0 Å². The molecule has 0 saturated heterocycles. The van der Waals surface area contributed by atoms with E-state index in [2.05, 4.69) is 9.97 Å². The Morgan fingerprint density at radius 3 is 1.64 bits per heavy atom. The molecule has 0 radical (unpaired) electrons. The van der Waals surface area contributed by atoms with Crippen molar-refractivity contribution in [2.45, 2.75) is 10.1 Å². The topological polar surface area (TPSA) is 135 Å². The highest BCUT2D eigenvalue weighted by Gasteiger charge is 2.16. The van der Waals surface area contributed by atoms with E-state index in [9.17, 15) is 16.8 Å². The van der Waals surface area contributed by atoms with E-state index >= 15 is 0 Å². The van der Waals surface area contributed by atoms with Crippen molar-refractivity contribution in [3.05, 3.63) is 12.4 Å². The summed E-state index contributed by atoms with van der Waals surface area (Å²) in [6, 6.07) is 0. The van der Waals surface area contributed by atoms with Crippen LogP contribution in [0.4, 0.5) is 0 Å². The van der Waals surface area contributed by atoms with Crippen LogP contribution in [0.3, 0.4) is 0 Å². The molecule has 0 bridgehead atoms. The van der Waals surface area contributed by atoms with Crippen LogP contribution >= 0.6 is 0 Å². The molecule has 0 fully saturated rings. The van der Waals surface area contributed by atoms with Crippen LogP contribution in [0.15, 0.2) is 22.4 Å². The van der Waals surface area contributed by atoms with Crippen molar-refractivity contribution in [2.24, 2.45) is 0 Å². The smallest absolute Gasteiger partial charge is 0.282 e.